The summed E-state index contributed by atoms with van der Waals surface area (Å²) in [6, 6.07) is 11.2. The van der Waals surface area contributed by atoms with E-state index in [1.807, 2.05) is 7.05 Å². The summed E-state index contributed by atoms with van der Waals surface area (Å²) in [5.74, 6) is 0.911. The van der Waals surface area contributed by atoms with Crippen LogP contribution in [0.5, 0.6) is 0 Å². The highest BCUT2D eigenvalue weighted by molar-refractivity contribution is 5.79. The number of nitrogens with zero attached hydrogens (tertiary/aromatic N) is 2. The molecule has 0 radical (unpaired) electrons. The second kappa shape index (κ2) is 8.67. The Bertz CT molecular complexity index is 430. The van der Waals surface area contributed by atoms with Gasteiger partial charge in [-0.2, -0.15) is 0 Å². The number of guanidine groups is 1. The van der Waals surface area contributed by atoms with Crippen molar-refractivity contribution in [1.29, 1.82) is 0 Å². The number of rotatable bonds is 6. The lowest BCUT2D eigenvalue weighted by Gasteiger charge is -2.24. The SMILES string of the molecule is CCN1CCCC1CNC(=NC)NCCc1ccccc1. The standard InChI is InChI=1S/C17H28N4/c1-3-21-13-7-10-16(21)14-20-17(18-2)19-12-11-15-8-5-4-6-9-15/h4-6,8-9,16H,3,7,10-14H2,1-2H3,(H2,18,19,20). The van der Waals surface area contributed by atoms with Gasteiger partial charge in [0.15, 0.2) is 5.96 Å². The minimum Gasteiger partial charge on any atom is -0.356 e. The van der Waals surface area contributed by atoms with E-state index in [2.05, 4.69) is 57.8 Å². The van der Waals surface area contributed by atoms with Gasteiger partial charge in [-0.25, -0.2) is 0 Å². The highest BCUT2D eigenvalue weighted by Gasteiger charge is 2.22. The first-order valence-electron chi connectivity index (χ1n) is 8.06. The van der Waals surface area contributed by atoms with Gasteiger partial charge < -0.3 is 10.6 Å². The van der Waals surface area contributed by atoms with Crippen molar-refractivity contribution in [1.82, 2.24) is 15.5 Å². The molecule has 116 valence electrons. The molecule has 21 heavy (non-hydrogen) atoms. The van der Waals surface area contributed by atoms with E-state index in [0.29, 0.717) is 6.04 Å². The Morgan fingerprint density at radius 1 is 1.29 bits per heavy atom. The maximum Gasteiger partial charge on any atom is 0.191 e. The van der Waals surface area contributed by atoms with E-state index in [1.54, 1.807) is 0 Å². The summed E-state index contributed by atoms with van der Waals surface area (Å²) in [5, 5.41) is 6.85. The fourth-order valence-corrected chi connectivity index (χ4v) is 2.95. The third-order valence-corrected chi connectivity index (χ3v) is 4.18. The van der Waals surface area contributed by atoms with Crippen molar-refractivity contribution in [3.05, 3.63) is 35.9 Å². The van der Waals surface area contributed by atoms with Gasteiger partial charge in [-0.05, 0) is 37.9 Å². The zero-order valence-electron chi connectivity index (χ0n) is 13.3. The molecule has 4 heteroatoms. The third-order valence-electron chi connectivity index (χ3n) is 4.18. The van der Waals surface area contributed by atoms with Crippen LogP contribution in [0.2, 0.25) is 0 Å². The fraction of sp³-hybridized carbons (Fsp3) is 0.588. The summed E-state index contributed by atoms with van der Waals surface area (Å²) in [5.41, 5.74) is 1.36. The Balaban J connectivity index is 1.69. The number of likely N-dealkylation sites (N-methyl/N-ethyl adjacent to an activating group) is 1. The molecule has 1 unspecified atom stereocenters. The molecule has 1 fully saturated rings. The van der Waals surface area contributed by atoms with Crippen LogP contribution in [0.1, 0.15) is 25.3 Å². The van der Waals surface area contributed by atoms with E-state index in [-0.39, 0.29) is 0 Å². The predicted octanol–water partition coefficient (Wildman–Crippen LogP) is 1.88. The summed E-state index contributed by atoms with van der Waals surface area (Å²) < 4.78 is 0. The Hall–Kier alpha value is -1.55. The number of nitrogens with one attached hydrogen (secondary N) is 2. The van der Waals surface area contributed by atoms with Crippen molar-refractivity contribution in [2.24, 2.45) is 4.99 Å². The van der Waals surface area contributed by atoms with Crippen molar-refractivity contribution in [3.63, 3.8) is 0 Å². The van der Waals surface area contributed by atoms with Gasteiger partial charge in [0.25, 0.3) is 0 Å². The van der Waals surface area contributed by atoms with Gasteiger partial charge in [-0.3, -0.25) is 9.89 Å². The molecule has 1 atom stereocenters. The van der Waals surface area contributed by atoms with Crippen molar-refractivity contribution >= 4 is 5.96 Å². The van der Waals surface area contributed by atoms with Crippen LogP contribution >= 0.6 is 0 Å². The molecule has 0 spiro atoms. The average molecular weight is 288 g/mol. The van der Waals surface area contributed by atoms with Gasteiger partial charge in [-0.15, -0.1) is 0 Å². The molecule has 1 aromatic rings. The Labute approximate surface area is 128 Å². The molecule has 0 aliphatic carbocycles. The number of hydrogen-bond donors (Lipinski definition) is 2. The van der Waals surface area contributed by atoms with Crippen molar-refractivity contribution in [2.45, 2.75) is 32.2 Å². The number of hydrogen-bond acceptors (Lipinski definition) is 2. The molecule has 1 aliphatic heterocycles. The van der Waals surface area contributed by atoms with E-state index >= 15 is 0 Å². The maximum absolute atomic E-state index is 4.31. The summed E-state index contributed by atoms with van der Waals surface area (Å²) in [4.78, 5) is 6.85. The van der Waals surface area contributed by atoms with Crippen LogP contribution in [0.25, 0.3) is 0 Å². The third kappa shape index (κ3) is 5.05. The monoisotopic (exact) mass is 288 g/mol. The van der Waals surface area contributed by atoms with Crippen LogP contribution in [0.15, 0.2) is 35.3 Å². The lowest BCUT2D eigenvalue weighted by molar-refractivity contribution is 0.267. The van der Waals surface area contributed by atoms with E-state index in [1.165, 1.54) is 24.9 Å². The van der Waals surface area contributed by atoms with E-state index in [4.69, 9.17) is 0 Å². The van der Waals surface area contributed by atoms with Crippen LogP contribution in [-0.2, 0) is 6.42 Å². The molecule has 2 rings (SSSR count). The lowest BCUT2D eigenvalue weighted by atomic mass is 10.1. The highest BCUT2D eigenvalue weighted by atomic mass is 15.2. The summed E-state index contributed by atoms with van der Waals surface area (Å²) >= 11 is 0. The first-order valence-corrected chi connectivity index (χ1v) is 8.06. The average Bonchev–Trinajstić information content (AvgIpc) is 2.99. The summed E-state index contributed by atoms with van der Waals surface area (Å²) in [7, 11) is 1.84. The molecule has 0 amide bonds. The molecule has 1 saturated heterocycles. The lowest BCUT2D eigenvalue weighted by Crippen LogP contribution is -2.45. The summed E-state index contributed by atoms with van der Waals surface area (Å²) in [6.07, 6.45) is 3.63. The fourth-order valence-electron chi connectivity index (χ4n) is 2.95. The second-order valence-corrected chi connectivity index (χ2v) is 5.54. The van der Waals surface area contributed by atoms with Gasteiger partial charge in [-0.1, -0.05) is 37.3 Å². The normalized spacial score (nSPS) is 19.7. The van der Waals surface area contributed by atoms with Crippen LogP contribution in [0.4, 0.5) is 0 Å². The minimum absolute atomic E-state index is 0.655. The van der Waals surface area contributed by atoms with Crippen molar-refractivity contribution < 1.29 is 0 Å². The van der Waals surface area contributed by atoms with Gasteiger partial charge in [0.2, 0.25) is 0 Å². The van der Waals surface area contributed by atoms with E-state index < -0.39 is 0 Å². The van der Waals surface area contributed by atoms with Crippen LogP contribution < -0.4 is 10.6 Å². The number of likely N-dealkylation sites (tertiary alicyclic amines) is 1. The zero-order valence-corrected chi connectivity index (χ0v) is 13.3. The molecule has 1 aromatic carbocycles. The Kier molecular flexibility index (Phi) is 6.54. The largest absolute Gasteiger partial charge is 0.356 e. The van der Waals surface area contributed by atoms with Crippen LogP contribution in [0, 0.1) is 0 Å². The van der Waals surface area contributed by atoms with Gasteiger partial charge in [0.1, 0.15) is 0 Å². The highest BCUT2D eigenvalue weighted by Crippen LogP contribution is 2.15. The molecule has 1 heterocycles. The molecular weight excluding hydrogens is 260 g/mol. The summed E-state index contributed by atoms with van der Waals surface area (Å²) in [6.45, 7) is 6.52. The first-order chi connectivity index (χ1) is 10.3. The molecule has 2 N–H and O–H groups in total. The molecule has 0 bridgehead atoms. The molecule has 0 saturated carbocycles. The van der Waals surface area contributed by atoms with Crippen molar-refractivity contribution in [3.8, 4) is 0 Å². The molecule has 0 aromatic heterocycles. The molecule has 1 aliphatic rings. The number of benzene rings is 1. The maximum atomic E-state index is 4.31. The van der Waals surface area contributed by atoms with E-state index in [9.17, 15) is 0 Å². The quantitative estimate of drug-likeness (QED) is 0.620. The minimum atomic E-state index is 0.655. The zero-order chi connectivity index (χ0) is 14.9. The van der Waals surface area contributed by atoms with Crippen molar-refractivity contribution in [2.75, 3.05) is 33.2 Å². The number of aliphatic imine (C=N–C) groups is 1. The van der Waals surface area contributed by atoms with Gasteiger partial charge >= 0.3 is 0 Å². The van der Waals surface area contributed by atoms with Gasteiger partial charge in [0.05, 0.1) is 0 Å². The first kappa shape index (κ1) is 15.8. The topological polar surface area (TPSA) is 39.7 Å². The Morgan fingerprint density at radius 2 is 2.10 bits per heavy atom. The predicted molar refractivity (Wildman–Crippen MR) is 89.8 cm³/mol. The Morgan fingerprint density at radius 3 is 2.81 bits per heavy atom. The van der Waals surface area contributed by atoms with E-state index in [0.717, 1.165) is 32.0 Å². The smallest absolute Gasteiger partial charge is 0.191 e. The molecular formula is C17H28N4. The van der Waals surface area contributed by atoms with Crippen LogP contribution in [0.3, 0.4) is 0 Å². The second-order valence-electron chi connectivity index (χ2n) is 5.54. The molecule has 4 nitrogen and oxygen atoms in total. The van der Waals surface area contributed by atoms with Gasteiger partial charge in [0, 0.05) is 26.2 Å². The van der Waals surface area contributed by atoms with Crippen LogP contribution in [-0.4, -0.2) is 50.1 Å².